The predicted molar refractivity (Wildman–Crippen MR) is 131 cm³/mol. The molecule has 35 heavy (non-hydrogen) atoms. The number of halogens is 1. The van der Waals surface area contributed by atoms with E-state index < -0.39 is 11.2 Å². The standard InChI is InChI=1S/C25H23ClN4O5/c1-34-17-7-4-6-16(12-17)21(31)14-28-15-27-23-22(28)24(32)29(13-18-8-5-11-35-18)25(33)30(23)20-10-3-2-9-19(20)26/h2-4,6-7,9-10,12,15,18H,5,8,11,13-14H2,1H3. The molecule has 0 N–H and O–H groups in total. The van der Waals surface area contributed by atoms with E-state index >= 15 is 0 Å². The number of aromatic nitrogens is 4. The predicted octanol–water partition coefficient (Wildman–Crippen LogP) is 3.07. The molecule has 5 rings (SSSR count). The lowest BCUT2D eigenvalue weighted by atomic mass is 10.1. The van der Waals surface area contributed by atoms with Crippen LogP contribution in [0.3, 0.4) is 0 Å². The molecule has 3 heterocycles. The zero-order valence-corrected chi connectivity index (χ0v) is 19.8. The van der Waals surface area contributed by atoms with Crippen LogP contribution in [-0.4, -0.2) is 44.3 Å². The van der Waals surface area contributed by atoms with Gasteiger partial charge in [-0.3, -0.25) is 14.2 Å². The van der Waals surface area contributed by atoms with Gasteiger partial charge in [0.25, 0.3) is 5.56 Å². The van der Waals surface area contributed by atoms with Crippen LogP contribution in [0.5, 0.6) is 5.75 Å². The van der Waals surface area contributed by atoms with Gasteiger partial charge in [-0.05, 0) is 37.1 Å². The third-order valence-corrected chi connectivity index (χ3v) is 6.43. The number of hydrogen-bond acceptors (Lipinski definition) is 6. The molecule has 1 fully saturated rings. The van der Waals surface area contributed by atoms with E-state index in [1.165, 1.54) is 22.6 Å². The number of ketones is 1. The molecule has 1 aliphatic rings. The third kappa shape index (κ3) is 4.28. The van der Waals surface area contributed by atoms with Crippen molar-refractivity contribution in [1.29, 1.82) is 0 Å². The summed E-state index contributed by atoms with van der Waals surface area (Å²) in [5, 5.41) is 0.334. The van der Waals surface area contributed by atoms with Gasteiger partial charge in [0.1, 0.15) is 5.75 Å². The van der Waals surface area contributed by atoms with E-state index in [4.69, 9.17) is 21.1 Å². The first-order valence-corrected chi connectivity index (χ1v) is 11.6. The van der Waals surface area contributed by atoms with E-state index in [2.05, 4.69) is 4.98 Å². The fraction of sp³-hybridized carbons (Fsp3) is 0.280. The molecular formula is C25H23ClN4O5. The summed E-state index contributed by atoms with van der Waals surface area (Å²) < 4.78 is 14.8. The van der Waals surface area contributed by atoms with Crippen LogP contribution in [0.25, 0.3) is 16.9 Å². The van der Waals surface area contributed by atoms with Crippen molar-refractivity contribution in [3.63, 3.8) is 0 Å². The highest BCUT2D eigenvalue weighted by molar-refractivity contribution is 6.32. The largest absolute Gasteiger partial charge is 0.497 e. The minimum absolute atomic E-state index is 0.104. The van der Waals surface area contributed by atoms with Gasteiger partial charge in [0, 0.05) is 12.2 Å². The summed E-state index contributed by atoms with van der Waals surface area (Å²) in [6.07, 6.45) is 2.77. The summed E-state index contributed by atoms with van der Waals surface area (Å²) in [4.78, 5) is 44.5. The molecule has 0 bridgehead atoms. The summed E-state index contributed by atoms with van der Waals surface area (Å²) in [6.45, 7) is 0.556. The topological polar surface area (TPSA) is 97.4 Å². The molecule has 180 valence electrons. The number of rotatable bonds is 7. The molecule has 9 nitrogen and oxygen atoms in total. The Labute approximate surface area is 205 Å². The maximum Gasteiger partial charge on any atom is 0.337 e. The first-order chi connectivity index (χ1) is 17.0. The zero-order chi connectivity index (χ0) is 24.5. The van der Waals surface area contributed by atoms with Gasteiger partial charge in [-0.1, -0.05) is 35.9 Å². The van der Waals surface area contributed by atoms with Crippen LogP contribution in [0.1, 0.15) is 23.2 Å². The lowest BCUT2D eigenvalue weighted by Gasteiger charge is -2.16. The van der Waals surface area contributed by atoms with Crippen LogP contribution in [0.15, 0.2) is 64.4 Å². The molecule has 0 amide bonds. The Kier molecular flexibility index (Phi) is 6.27. The minimum Gasteiger partial charge on any atom is -0.497 e. The van der Waals surface area contributed by atoms with Crippen molar-refractivity contribution in [2.75, 3.05) is 13.7 Å². The molecule has 0 saturated carbocycles. The quantitative estimate of drug-likeness (QED) is 0.366. The van der Waals surface area contributed by atoms with E-state index in [1.807, 2.05) is 0 Å². The average Bonchev–Trinajstić information content (AvgIpc) is 3.53. The second-order valence-corrected chi connectivity index (χ2v) is 8.73. The number of carbonyl (C=O) groups is 1. The third-order valence-electron chi connectivity index (χ3n) is 6.11. The van der Waals surface area contributed by atoms with Gasteiger partial charge in [0.05, 0.1) is 43.3 Å². The fourth-order valence-corrected chi connectivity index (χ4v) is 4.57. The number of nitrogens with zero attached hydrogens (tertiary/aromatic N) is 4. The lowest BCUT2D eigenvalue weighted by Crippen LogP contribution is -2.42. The molecule has 4 aromatic rings. The molecule has 2 aromatic heterocycles. The van der Waals surface area contributed by atoms with Crippen molar-refractivity contribution < 1.29 is 14.3 Å². The molecular weight excluding hydrogens is 472 g/mol. The smallest absolute Gasteiger partial charge is 0.337 e. The fourth-order valence-electron chi connectivity index (χ4n) is 4.35. The molecule has 0 radical (unpaired) electrons. The number of imidazole rings is 1. The number of methoxy groups -OCH3 is 1. The molecule has 0 aliphatic carbocycles. The van der Waals surface area contributed by atoms with Crippen LogP contribution in [0.2, 0.25) is 5.02 Å². The maximum atomic E-state index is 13.6. The van der Waals surface area contributed by atoms with Crippen molar-refractivity contribution in [2.45, 2.75) is 32.0 Å². The van der Waals surface area contributed by atoms with Gasteiger partial charge in [-0.15, -0.1) is 0 Å². The molecule has 0 spiro atoms. The Hall–Kier alpha value is -3.69. The van der Waals surface area contributed by atoms with E-state index in [1.54, 1.807) is 48.5 Å². The first-order valence-electron chi connectivity index (χ1n) is 11.2. The van der Waals surface area contributed by atoms with Crippen molar-refractivity contribution >= 4 is 28.5 Å². The summed E-state index contributed by atoms with van der Waals surface area (Å²) >= 11 is 6.42. The molecule has 1 unspecified atom stereocenters. The van der Waals surface area contributed by atoms with Crippen LogP contribution < -0.4 is 16.0 Å². The number of carbonyl (C=O) groups excluding carboxylic acids is 1. The highest BCUT2D eigenvalue weighted by Gasteiger charge is 2.24. The summed E-state index contributed by atoms with van der Waals surface area (Å²) in [7, 11) is 1.53. The van der Waals surface area contributed by atoms with Crippen molar-refractivity contribution in [3.05, 3.63) is 86.3 Å². The summed E-state index contributed by atoms with van der Waals surface area (Å²) in [6, 6.07) is 13.6. The highest BCUT2D eigenvalue weighted by atomic mass is 35.5. The van der Waals surface area contributed by atoms with Gasteiger partial charge in [0.15, 0.2) is 16.9 Å². The molecule has 2 aromatic carbocycles. The molecule has 1 saturated heterocycles. The van der Waals surface area contributed by atoms with Gasteiger partial charge in [0.2, 0.25) is 0 Å². The van der Waals surface area contributed by atoms with Gasteiger partial charge in [-0.25, -0.2) is 14.3 Å². The number of hydrogen-bond donors (Lipinski definition) is 0. The summed E-state index contributed by atoms with van der Waals surface area (Å²) in [5.74, 6) is 0.321. The Morgan fingerprint density at radius 2 is 2.03 bits per heavy atom. The Balaban J connectivity index is 1.67. The van der Waals surface area contributed by atoms with E-state index in [0.29, 0.717) is 28.6 Å². The second-order valence-electron chi connectivity index (χ2n) is 8.32. The number of Topliss-reactive ketones (excluding diaryl/α,β-unsaturated/α-hetero) is 1. The van der Waals surface area contributed by atoms with E-state index in [9.17, 15) is 14.4 Å². The number of ether oxygens (including phenoxy) is 2. The molecule has 1 atom stereocenters. The van der Waals surface area contributed by atoms with Crippen LogP contribution in [0.4, 0.5) is 0 Å². The zero-order valence-electron chi connectivity index (χ0n) is 19.0. The van der Waals surface area contributed by atoms with Gasteiger partial charge in [-0.2, -0.15) is 0 Å². The Morgan fingerprint density at radius 1 is 1.20 bits per heavy atom. The van der Waals surface area contributed by atoms with Crippen molar-refractivity contribution in [2.24, 2.45) is 0 Å². The number of fused-ring (bicyclic) bond motifs is 1. The summed E-state index contributed by atoms with van der Waals surface area (Å²) in [5.41, 5.74) is 0.0176. The SMILES string of the molecule is COc1cccc(C(=O)Cn2cnc3c2c(=O)n(CC2CCCO2)c(=O)n3-c2ccccc2Cl)c1. The van der Waals surface area contributed by atoms with Crippen molar-refractivity contribution in [3.8, 4) is 11.4 Å². The number of para-hydroxylation sites is 1. The van der Waals surface area contributed by atoms with Crippen molar-refractivity contribution in [1.82, 2.24) is 18.7 Å². The van der Waals surface area contributed by atoms with Crippen LogP contribution in [-0.2, 0) is 17.8 Å². The average molecular weight is 495 g/mol. The van der Waals surface area contributed by atoms with Gasteiger partial charge >= 0.3 is 5.69 Å². The second kappa shape index (κ2) is 9.52. The van der Waals surface area contributed by atoms with Gasteiger partial charge < -0.3 is 14.0 Å². The maximum absolute atomic E-state index is 13.6. The van der Waals surface area contributed by atoms with E-state index in [0.717, 1.165) is 17.4 Å². The monoisotopic (exact) mass is 494 g/mol. The van der Waals surface area contributed by atoms with E-state index in [-0.39, 0.29) is 36.1 Å². The normalized spacial score (nSPS) is 15.5. The highest BCUT2D eigenvalue weighted by Crippen LogP contribution is 2.22. The Bertz CT molecular complexity index is 1530. The van der Waals surface area contributed by atoms with Crippen LogP contribution >= 0.6 is 11.6 Å². The minimum atomic E-state index is -0.560. The lowest BCUT2D eigenvalue weighted by molar-refractivity contribution is 0.0947. The molecule has 10 heteroatoms. The number of benzene rings is 2. The Morgan fingerprint density at radius 3 is 2.77 bits per heavy atom. The molecule has 1 aliphatic heterocycles. The van der Waals surface area contributed by atoms with Crippen LogP contribution in [0, 0.1) is 0 Å². The first kappa shape index (κ1) is 23.1.